The summed E-state index contributed by atoms with van der Waals surface area (Å²) < 4.78 is 0. The number of nitrogens with two attached hydrogens (primary N) is 1. The molecule has 0 radical (unpaired) electrons. The fraction of sp³-hybridized carbons (Fsp3) is 1.00. The lowest BCUT2D eigenvalue weighted by molar-refractivity contribution is 0.495. The van der Waals surface area contributed by atoms with E-state index < -0.39 is 0 Å². The van der Waals surface area contributed by atoms with Crippen LogP contribution in [0.1, 0.15) is 12.8 Å². The zero-order chi connectivity index (χ0) is 7.23. The van der Waals surface area contributed by atoms with Crippen molar-refractivity contribution in [2.24, 2.45) is 5.73 Å². The number of hydrogen-bond acceptors (Lipinski definition) is 3. The second-order valence-corrected chi connectivity index (χ2v) is 2.77. The zero-order valence-electron chi connectivity index (χ0n) is 6.40. The minimum Gasteiger partial charge on any atom is -0.330 e. The van der Waals surface area contributed by atoms with Gasteiger partial charge in [0.15, 0.2) is 0 Å². The van der Waals surface area contributed by atoms with Crippen molar-refractivity contribution in [1.82, 2.24) is 10.6 Å². The molecule has 1 rings (SSSR count). The van der Waals surface area contributed by atoms with Crippen LogP contribution in [0, 0.1) is 0 Å². The quantitative estimate of drug-likeness (QED) is 0.478. The average Bonchev–Trinajstić information content (AvgIpc) is 2.17. The van der Waals surface area contributed by atoms with Crippen LogP contribution in [-0.2, 0) is 0 Å². The van der Waals surface area contributed by atoms with Gasteiger partial charge in [0.2, 0.25) is 0 Å². The van der Waals surface area contributed by atoms with Gasteiger partial charge >= 0.3 is 0 Å². The molecule has 0 bridgehead atoms. The number of rotatable bonds is 2. The van der Waals surface area contributed by atoms with E-state index >= 15 is 0 Å². The van der Waals surface area contributed by atoms with Crippen molar-refractivity contribution in [3.63, 3.8) is 0 Å². The van der Waals surface area contributed by atoms with E-state index in [9.17, 15) is 0 Å². The standard InChI is InChI=1S/C7H17N3/c8-3-1-7-2-4-9-5-6-10-7/h7,9-10H,1-6,8H2. The summed E-state index contributed by atoms with van der Waals surface area (Å²) in [5, 5.41) is 6.77. The Morgan fingerprint density at radius 1 is 1.30 bits per heavy atom. The van der Waals surface area contributed by atoms with Crippen molar-refractivity contribution in [2.45, 2.75) is 18.9 Å². The van der Waals surface area contributed by atoms with Crippen LogP contribution in [0.2, 0.25) is 0 Å². The van der Waals surface area contributed by atoms with Crippen LogP contribution in [0.5, 0.6) is 0 Å². The molecular weight excluding hydrogens is 126 g/mol. The SMILES string of the molecule is NCCC1CCNCCN1. The molecule has 0 saturated carbocycles. The van der Waals surface area contributed by atoms with Gasteiger partial charge in [0.05, 0.1) is 0 Å². The molecule has 0 aliphatic carbocycles. The van der Waals surface area contributed by atoms with Gasteiger partial charge in [0, 0.05) is 19.1 Å². The predicted octanol–water partition coefficient (Wildman–Crippen LogP) is -0.713. The van der Waals surface area contributed by atoms with Crippen molar-refractivity contribution < 1.29 is 0 Å². The molecule has 60 valence electrons. The summed E-state index contributed by atoms with van der Waals surface area (Å²) in [5.41, 5.74) is 5.45. The maximum atomic E-state index is 5.45. The van der Waals surface area contributed by atoms with E-state index in [4.69, 9.17) is 5.73 Å². The van der Waals surface area contributed by atoms with E-state index in [1.165, 1.54) is 6.42 Å². The van der Waals surface area contributed by atoms with Crippen molar-refractivity contribution in [3.8, 4) is 0 Å². The second-order valence-electron chi connectivity index (χ2n) is 2.77. The first-order chi connectivity index (χ1) is 4.93. The Morgan fingerprint density at radius 2 is 2.20 bits per heavy atom. The van der Waals surface area contributed by atoms with Crippen LogP contribution >= 0.6 is 0 Å². The smallest absolute Gasteiger partial charge is 0.00916 e. The van der Waals surface area contributed by atoms with Gasteiger partial charge in [-0.15, -0.1) is 0 Å². The summed E-state index contributed by atoms with van der Waals surface area (Å²) in [4.78, 5) is 0. The minimum absolute atomic E-state index is 0.653. The highest BCUT2D eigenvalue weighted by Gasteiger charge is 2.08. The topological polar surface area (TPSA) is 50.1 Å². The van der Waals surface area contributed by atoms with Gasteiger partial charge < -0.3 is 16.4 Å². The molecule has 10 heavy (non-hydrogen) atoms. The van der Waals surface area contributed by atoms with E-state index in [1.54, 1.807) is 0 Å². The van der Waals surface area contributed by atoms with Gasteiger partial charge in [0.25, 0.3) is 0 Å². The fourth-order valence-electron chi connectivity index (χ4n) is 1.32. The maximum Gasteiger partial charge on any atom is 0.00916 e. The summed E-state index contributed by atoms with van der Waals surface area (Å²) in [5.74, 6) is 0. The molecule has 0 aromatic carbocycles. The van der Waals surface area contributed by atoms with Crippen molar-refractivity contribution >= 4 is 0 Å². The molecule has 1 fully saturated rings. The molecule has 0 spiro atoms. The molecule has 0 aromatic heterocycles. The van der Waals surface area contributed by atoms with Crippen molar-refractivity contribution in [1.29, 1.82) is 0 Å². The van der Waals surface area contributed by atoms with Crippen LogP contribution < -0.4 is 16.4 Å². The molecule has 0 amide bonds. The van der Waals surface area contributed by atoms with Gasteiger partial charge in [-0.05, 0) is 25.9 Å². The molecule has 1 aliphatic rings. The summed E-state index contributed by atoms with van der Waals surface area (Å²) in [6.07, 6.45) is 2.33. The highest BCUT2D eigenvalue weighted by Crippen LogP contribution is 1.96. The van der Waals surface area contributed by atoms with E-state index in [0.29, 0.717) is 6.04 Å². The van der Waals surface area contributed by atoms with Gasteiger partial charge in [-0.3, -0.25) is 0 Å². The van der Waals surface area contributed by atoms with Gasteiger partial charge in [-0.25, -0.2) is 0 Å². The molecule has 1 unspecified atom stereocenters. The Hall–Kier alpha value is -0.120. The first-order valence-corrected chi connectivity index (χ1v) is 4.07. The highest BCUT2D eigenvalue weighted by molar-refractivity contribution is 4.72. The van der Waals surface area contributed by atoms with E-state index in [1.807, 2.05) is 0 Å². The van der Waals surface area contributed by atoms with Crippen molar-refractivity contribution in [3.05, 3.63) is 0 Å². The molecule has 1 atom stereocenters. The Kier molecular flexibility index (Phi) is 3.72. The molecule has 1 saturated heterocycles. The Labute approximate surface area is 62.4 Å². The van der Waals surface area contributed by atoms with Crippen LogP contribution in [0.3, 0.4) is 0 Å². The van der Waals surface area contributed by atoms with Crippen LogP contribution in [0.25, 0.3) is 0 Å². The molecule has 3 heteroatoms. The minimum atomic E-state index is 0.653. The first-order valence-electron chi connectivity index (χ1n) is 4.07. The molecule has 4 N–H and O–H groups in total. The normalized spacial score (nSPS) is 27.9. The third kappa shape index (κ3) is 2.64. The largest absolute Gasteiger partial charge is 0.330 e. The lowest BCUT2D eigenvalue weighted by atomic mass is 10.1. The lowest BCUT2D eigenvalue weighted by Gasteiger charge is -2.12. The molecule has 1 aliphatic heterocycles. The van der Waals surface area contributed by atoms with Crippen molar-refractivity contribution in [2.75, 3.05) is 26.2 Å². The third-order valence-electron chi connectivity index (χ3n) is 1.92. The molecule has 3 nitrogen and oxygen atoms in total. The van der Waals surface area contributed by atoms with Gasteiger partial charge in [-0.1, -0.05) is 0 Å². The Balaban J connectivity index is 2.15. The first kappa shape index (κ1) is 7.98. The summed E-state index contributed by atoms with van der Waals surface area (Å²) >= 11 is 0. The average molecular weight is 143 g/mol. The summed E-state index contributed by atoms with van der Waals surface area (Å²) in [7, 11) is 0. The second kappa shape index (κ2) is 4.66. The monoisotopic (exact) mass is 143 g/mol. The van der Waals surface area contributed by atoms with Crippen LogP contribution in [-0.4, -0.2) is 32.2 Å². The Bertz CT molecular complexity index is 76.9. The number of nitrogens with one attached hydrogen (secondary N) is 2. The van der Waals surface area contributed by atoms with Gasteiger partial charge in [0.1, 0.15) is 0 Å². The maximum absolute atomic E-state index is 5.45. The van der Waals surface area contributed by atoms with Crippen LogP contribution in [0.4, 0.5) is 0 Å². The van der Waals surface area contributed by atoms with Gasteiger partial charge in [-0.2, -0.15) is 0 Å². The summed E-state index contributed by atoms with van der Waals surface area (Å²) in [6, 6.07) is 0.653. The van der Waals surface area contributed by atoms with E-state index in [-0.39, 0.29) is 0 Å². The third-order valence-corrected chi connectivity index (χ3v) is 1.92. The lowest BCUT2D eigenvalue weighted by Crippen LogP contribution is -2.31. The summed E-state index contributed by atoms with van der Waals surface area (Å²) in [6.45, 7) is 4.13. The number of hydrogen-bond donors (Lipinski definition) is 3. The predicted molar refractivity (Wildman–Crippen MR) is 42.9 cm³/mol. The molecule has 1 heterocycles. The molecular formula is C7H17N3. The Morgan fingerprint density at radius 3 is 3.00 bits per heavy atom. The fourth-order valence-corrected chi connectivity index (χ4v) is 1.32. The van der Waals surface area contributed by atoms with E-state index in [2.05, 4.69) is 10.6 Å². The zero-order valence-corrected chi connectivity index (χ0v) is 6.40. The van der Waals surface area contributed by atoms with Crippen LogP contribution in [0.15, 0.2) is 0 Å². The van der Waals surface area contributed by atoms with E-state index in [0.717, 1.165) is 32.6 Å². The highest BCUT2D eigenvalue weighted by atomic mass is 15.0. The molecule has 0 aromatic rings.